The number of nitriles is 1. The summed E-state index contributed by atoms with van der Waals surface area (Å²) >= 11 is 0. The van der Waals surface area contributed by atoms with Crippen LogP contribution in [-0.2, 0) is 16.1 Å². The fourth-order valence-electron chi connectivity index (χ4n) is 3.29. The molecule has 0 amide bonds. The summed E-state index contributed by atoms with van der Waals surface area (Å²) in [5.41, 5.74) is -2.47. The van der Waals surface area contributed by atoms with Gasteiger partial charge in [0.1, 0.15) is 0 Å². The Kier molecular flexibility index (Phi) is 5.39. The van der Waals surface area contributed by atoms with Gasteiger partial charge in [0.25, 0.3) is 0 Å². The van der Waals surface area contributed by atoms with Crippen molar-refractivity contribution in [2.45, 2.75) is 34.3 Å². The molecule has 2 atom stereocenters. The van der Waals surface area contributed by atoms with Gasteiger partial charge >= 0.3 is 5.97 Å². The summed E-state index contributed by atoms with van der Waals surface area (Å²) in [5, 5.41) is 8.90. The van der Waals surface area contributed by atoms with Crippen LogP contribution in [0.1, 0.15) is 33.3 Å². The minimum atomic E-state index is -1.81. The molecule has 4 nitrogen and oxygen atoms in total. The maximum Gasteiger partial charge on any atom is 0.318 e. The van der Waals surface area contributed by atoms with Crippen molar-refractivity contribution in [2.75, 3.05) is 7.11 Å². The average Bonchev–Trinajstić information content (AvgIpc) is 3.06. The number of hydrogen-bond acceptors (Lipinski definition) is 4. The molecule has 1 aromatic rings. The van der Waals surface area contributed by atoms with E-state index in [9.17, 15) is 22.4 Å². The molecule has 1 saturated carbocycles. The van der Waals surface area contributed by atoms with Crippen LogP contribution in [-0.4, -0.2) is 13.1 Å². The predicted molar refractivity (Wildman–Crippen MR) is 87.4 cm³/mol. The van der Waals surface area contributed by atoms with E-state index < -0.39 is 63.9 Å². The topological polar surface area (TPSA) is 59.3 Å². The van der Waals surface area contributed by atoms with E-state index in [0.29, 0.717) is 5.57 Å². The number of hydrogen-bond donors (Lipinski definition) is 0. The van der Waals surface area contributed by atoms with Crippen LogP contribution in [0.15, 0.2) is 11.6 Å². The second-order valence-electron chi connectivity index (χ2n) is 7.25. The zero-order valence-corrected chi connectivity index (χ0v) is 15.5. The van der Waals surface area contributed by atoms with E-state index in [2.05, 4.69) is 4.74 Å². The third kappa shape index (κ3) is 3.10. The summed E-state index contributed by atoms with van der Waals surface area (Å²) in [4.78, 5) is 12.6. The fourth-order valence-corrected chi connectivity index (χ4v) is 3.29. The van der Waals surface area contributed by atoms with Gasteiger partial charge in [-0.15, -0.1) is 0 Å². The van der Waals surface area contributed by atoms with Crippen LogP contribution in [0.3, 0.4) is 0 Å². The zero-order chi connectivity index (χ0) is 20.7. The van der Waals surface area contributed by atoms with Gasteiger partial charge in [0.05, 0.1) is 23.7 Å². The van der Waals surface area contributed by atoms with E-state index in [0.717, 1.165) is 7.11 Å². The highest BCUT2D eigenvalue weighted by molar-refractivity contribution is 5.85. The van der Waals surface area contributed by atoms with Crippen molar-refractivity contribution in [2.24, 2.45) is 16.7 Å². The summed E-state index contributed by atoms with van der Waals surface area (Å²) in [6.07, 6.45) is 1.57. The Morgan fingerprint density at radius 2 is 1.67 bits per heavy atom. The van der Waals surface area contributed by atoms with Crippen LogP contribution in [0.5, 0.6) is 5.75 Å². The van der Waals surface area contributed by atoms with E-state index in [-0.39, 0.29) is 0 Å². The predicted octanol–water partition coefficient (Wildman–Crippen LogP) is 4.43. The largest absolute Gasteiger partial charge is 0.420 e. The number of esters is 1. The molecule has 1 fully saturated rings. The third-order valence-corrected chi connectivity index (χ3v) is 5.47. The molecule has 146 valence electrons. The fraction of sp³-hybridized carbons (Fsp3) is 0.474. The third-order valence-electron chi connectivity index (χ3n) is 5.47. The first-order valence-corrected chi connectivity index (χ1v) is 8.09. The molecule has 0 aromatic heterocycles. The number of nitrogens with zero attached hydrogens (tertiary/aromatic N) is 1. The number of halogens is 4. The first kappa shape index (κ1) is 20.9. The van der Waals surface area contributed by atoms with Crippen LogP contribution >= 0.6 is 0 Å². The highest BCUT2D eigenvalue weighted by Gasteiger charge is 2.72. The minimum absolute atomic E-state index is 0.364. The molecule has 1 aromatic carbocycles. The van der Waals surface area contributed by atoms with Gasteiger partial charge in [0.2, 0.25) is 17.4 Å². The summed E-state index contributed by atoms with van der Waals surface area (Å²) in [6.45, 7) is 5.80. The van der Waals surface area contributed by atoms with Crippen molar-refractivity contribution in [3.63, 3.8) is 0 Å². The molecule has 0 spiro atoms. The molecule has 2 unspecified atom stereocenters. The number of benzene rings is 1. The lowest BCUT2D eigenvalue weighted by atomic mass is 9.98. The Hall–Kier alpha value is -2.40. The number of methoxy groups -OCH3 is 1. The number of rotatable bonds is 5. The van der Waals surface area contributed by atoms with Gasteiger partial charge in [-0.2, -0.15) is 14.0 Å². The normalized spacial score (nSPS) is 23.7. The summed E-state index contributed by atoms with van der Waals surface area (Å²) in [6, 6.07) is 1.93. The van der Waals surface area contributed by atoms with Gasteiger partial charge < -0.3 is 9.47 Å². The zero-order valence-electron chi connectivity index (χ0n) is 15.5. The quantitative estimate of drug-likeness (QED) is 0.247. The molecule has 1 aliphatic carbocycles. The maximum atomic E-state index is 14.2. The number of ether oxygens (including phenoxy) is 2. The van der Waals surface area contributed by atoms with E-state index in [1.165, 1.54) is 6.92 Å². The molecule has 0 bridgehead atoms. The molecular formula is C19H19F4NO3. The second-order valence-corrected chi connectivity index (χ2v) is 7.25. The van der Waals surface area contributed by atoms with Gasteiger partial charge in [0.15, 0.2) is 11.6 Å². The lowest BCUT2D eigenvalue weighted by Crippen LogP contribution is -2.25. The van der Waals surface area contributed by atoms with E-state index >= 15 is 0 Å². The molecule has 0 N–H and O–H groups in total. The molecular weight excluding hydrogens is 366 g/mol. The lowest BCUT2D eigenvalue weighted by molar-refractivity contribution is -0.141. The van der Waals surface area contributed by atoms with Crippen LogP contribution in [0.25, 0.3) is 0 Å². The summed E-state index contributed by atoms with van der Waals surface area (Å²) < 4.78 is 65.6. The molecule has 27 heavy (non-hydrogen) atoms. The molecule has 2 rings (SSSR count). The standard InChI is InChI=1S/C19H19F4NO3/c1-9(7-24)6-11-18(2,3)19(11,4)17(25)27-16-14(22)12(20)10(8-26-5)13(21)15(16)23/h6,11H,8H2,1-5H3. The minimum Gasteiger partial charge on any atom is -0.420 e. The van der Waals surface area contributed by atoms with E-state index in [1.54, 1.807) is 26.8 Å². The second kappa shape index (κ2) is 6.97. The van der Waals surface area contributed by atoms with Gasteiger partial charge in [-0.1, -0.05) is 19.9 Å². The van der Waals surface area contributed by atoms with E-state index in [1.807, 2.05) is 6.07 Å². The average molecular weight is 385 g/mol. The number of carbonyl (C=O) groups is 1. The maximum absolute atomic E-state index is 14.2. The van der Waals surface area contributed by atoms with Crippen molar-refractivity contribution in [3.8, 4) is 11.8 Å². The van der Waals surface area contributed by atoms with Gasteiger partial charge in [-0.25, -0.2) is 8.78 Å². The molecule has 8 heteroatoms. The molecule has 0 heterocycles. The van der Waals surface area contributed by atoms with Crippen LogP contribution in [0.2, 0.25) is 0 Å². The number of carbonyl (C=O) groups excluding carboxylic acids is 1. The first-order valence-electron chi connectivity index (χ1n) is 8.09. The van der Waals surface area contributed by atoms with Crippen molar-refractivity contribution in [1.82, 2.24) is 0 Å². The Labute approximate surface area is 154 Å². The van der Waals surface area contributed by atoms with Gasteiger partial charge in [-0.05, 0) is 19.3 Å². The molecule has 0 saturated heterocycles. The van der Waals surface area contributed by atoms with Gasteiger partial charge in [0, 0.05) is 18.6 Å². The molecule has 0 radical (unpaired) electrons. The summed E-state index contributed by atoms with van der Waals surface area (Å²) in [7, 11) is 1.11. The monoisotopic (exact) mass is 385 g/mol. The van der Waals surface area contributed by atoms with Crippen LogP contribution in [0, 0.1) is 51.3 Å². The van der Waals surface area contributed by atoms with Crippen LogP contribution < -0.4 is 4.74 Å². The highest BCUT2D eigenvalue weighted by Crippen LogP contribution is 2.70. The SMILES string of the molecule is COCc1c(F)c(F)c(OC(=O)C2(C)C(C=C(C)C#N)C2(C)C)c(F)c1F. The molecule has 0 aliphatic heterocycles. The highest BCUT2D eigenvalue weighted by atomic mass is 19.2. The molecule has 1 aliphatic rings. The Morgan fingerprint density at radius 3 is 2.11 bits per heavy atom. The Bertz CT molecular complexity index is 844. The van der Waals surface area contributed by atoms with Crippen LogP contribution in [0.4, 0.5) is 17.6 Å². The van der Waals surface area contributed by atoms with Crippen molar-refractivity contribution in [3.05, 3.63) is 40.5 Å². The Morgan fingerprint density at radius 1 is 1.15 bits per heavy atom. The smallest absolute Gasteiger partial charge is 0.318 e. The lowest BCUT2D eigenvalue weighted by Gasteiger charge is -2.16. The van der Waals surface area contributed by atoms with Crippen molar-refractivity contribution >= 4 is 5.97 Å². The first-order chi connectivity index (χ1) is 12.4. The summed E-state index contributed by atoms with van der Waals surface area (Å²) in [5.74, 6) is -9.90. The van der Waals surface area contributed by atoms with Gasteiger partial charge in [-0.3, -0.25) is 4.79 Å². The Balaban J connectivity index is 2.41. The van der Waals surface area contributed by atoms with E-state index in [4.69, 9.17) is 10.00 Å². The number of allylic oxidation sites excluding steroid dienone is 2. The van der Waals surface area contributed by atoms with Crippen molar-refractivity contribution in [1.29, 1.82) is 5.26 Å². The van der Waals surface area contributed by atoms with Crippen molar-refractivity contribution < 1.29 is 31.8 Å².